The summed E-state index contributed by atoms with van der Waals surface area (Å²) < 4.78 is 10.6. The Kier molecular flexibility index (Phi) is 5.28. The number of ether oxygens (including phenoxy) is 2. The summed E-state index contributed by atoms with van der Waals surface area (Å²) in [7, 11) is 0. The third-order valence-corrected chi connectivity index (χ3v) is 3.13. The van der Waals surface area contributed by atoms with Crippen LogP contribution in [-0.2, 0) is 9.53 Å². The molecule has 0 aromatic heterocycles. The Bertz CT molecular complexity index is 736. The fourth-order valence-electron chi connectivity index (χ4n) is 2.06. The lowest BCUT2D eigenvalue weighted by atomic mass is 10.1. The first-order chi connectivity index (χ1) is 11.2. The molecule has 2 aromatic rings. The van der Waals surface area contributed by atoms with E-state index >= 15 is 0 Å². The molecule has 2 rings (SSSR count). The van der Waals surface area contributed by atoms with Gasteiger partial charge in [0.2, 0.25) is 0 Å². The van der Waals surface area contributed by atoms with Gasteiger partial charge in [-0.3, -0.25) is 0 Å². The van der Waals surface area contributed by atoms with Crippen LogP contribution < -0.4 is 10.1 Å². The number of carboxylic acids is 1. The summed E-state index contributed by atoms with van der Waals surface area (Å²) in [4.78, 5) is 23.0. The highest BCUT2D eigenvalue weighted by Gasteiger charge is 2.24. The molecule has 0 bridgehead atoms. The summed E-state index contributed by atoms with van der Waals surface area (Å²) in [5, 5.41) is 13.6. The standard InChI is InChI=1S/C18H21NO5/c1-18(2,3)24-17(22)19-15(16(20)21)11-23-14-9-8-12-6-4-5-7-13(12)10-14/h4-10,15H,11H2,1-3H3,(H,19,22)(H,20,21). The number of hydrogen-bond donors (Lipinski definition) is 2. The van der Waals surface area contributed by atoms with Crippen molar-refractivity contribution >= 4 is 22.8 Å². The number of aliphatic carboxylic acids is 1. The second-order valence-corrected chi connectivity index (χ2v) is 6.36. The van der Waals surface area contributed by atoms with Crippen LogP contribution >= 0.6 is 0 Å². The quantitative estimate of drug-likeness (QED) is 0.879. The fourth-order valence-corrected chi connectivity index (χ4v) is 2.06. The average Bonchev–Trinajstić information content (AvgIpc) is 2.49. The van der Waals surface area contributed by atoms with Gasteiger partial charge in [-0.25, -0.2) is 9.59 Å². The van der Waals surface area contributed by atoms with E-state index in [1.165, 1.54) is 0 Å². The Balaban J connectivity index is 1.99. The number of alkyl carbamates (subject to hydrolysis) is 1. The van der Waals surface area contributed by atoms with Gasteiger partial charge in [0.05, 0.1) is 0 Å². The highest BCUT2D eigenvalue weighted by Crippen LogP contribution is 2.20. The summed E-state index contributed by atoms with van der Waals surface area (Å²) in [5.41, 5.74) is -0.702. The zero-order valence-electron chi connectivity index (χ0n) is 13.9. The van der Waals surface area contributed by atoms with Crippen LogP contribution in [0.1, 0.15) is 20.8 Å². The fraction of sp³-hybridized carbons (Fsp3) is 0.333. The predicted molar refractivity (Wildman–Crippen MR) is 90.2 cm³/mol. The first kappa shape index (κ1) is 17.6. The van der Waals surface area contributed by atoms with Gasteiger partial charge in [0, 0.05) is 0 Å². The molecular weight excluding hydrogens is 310 g/mol. The van der Waals surface area contributed by atoms with E-state index in [0.717, 1.165) is 10.8 Å². The van der Waals surface area contributed by atoms with Crippen molar-refractivity contribution in [1.82, 2.24) is 5.32 Å². The third kappa shape index (κ3) is 5.15. The number of rotatable bonds is 5. The van der Waals surface area contributed by atoms with Crippen molar-refractivity contribution in [3.8, 4) is 5.75 Å². The van der Waals surface area contributed by atoms with Crippen LogP contribution in [0, 0.1) is 0 Å². The maximum absolute atomic E-state index is 11.7. The number of hydrogen-bond acceptors (Lipinski definition) is 4. The van der Waals surface area contributed by atoms with Gasteiger partial charge in [-0.15, -0.1) is 0 Å². The average molecular weight is 331 g/mol. The SMILES string of the molecule is CC(C)(C)OC(=O)NC(COc1ccc2ccccc2c1)C(=O)O. The summed E-state index contributed by atoms with van der Waals surface area (Å²) in [6.45, 7) is 4.91. The van der Waals surface area contributed by atoms with E-state index in [2.05, 4.69) is 5.32 Å². The Morgan fingerprint density at radius 2 is 1.79 bits per heavy atom. The highest BCUT2D eigenvalue weighted by molar-refractivity contribution is 5.84. The molecule has 0 saturated carbocycles. The van der Waals surface area contributed by atoms with Crippen LogP contribution in [0.5, 0.6) is 5.75 Å². The van der Waals surface area contributed by atoms with E-state index in [4.69, 9.17) is 9.47 Å². The molecule has 0 aliphatic heterocycles. The van der Waals surface area contributed by atoms with Crippen LogP contribution in [0.15, 0.2) is 42.5 Å². The molecule has 0 saturated heterocycles. The van der Waals surface area contributed by atoms with Gasteiger partial charge < -0.3 is 19.9 Å². The number of carbonyl (C=O) groups is 2. The molecule has 2 aromatic carbocycles. The van der Waals surface area contributed by atoms with Gasteiger partial charge in [-0.05, 0) is 43.7 Å². The molecule has 6 heteroatoms. The lowest BCUT2D eigenvalue weighted by Crippen LogP contribution is -2.46. The molecule has 6 nitrogen and oxygen atoms in total. The van der Waals surface area contributed by atoms with E-state index in [9.17, 15) is 14.7 Å². The maximum Gasteiger partial charge on any atom is 0.408 e. The van der Waals surface area contributed by atoms with Gasteiger partial charge in [0.1, 0.15) is 18.0 Å². The Morgan fingerprint density at radius 3 is 2.42 bits per heavy atom. The molecule has 1 amide bonds. The zero-order valence-corrected chi connectivity index (χ0v) is 13.9. The first-order valence-electron chi connectivity index (χ1n) is 7.58. The number of carboxylic acid groups (broad SMARTS) is 1. The smallest absolute Gasteiger partial charge is 0.408 e. The number of fused-ring (bicyclic) bond motifs is 1. The molecule has 0 aliphatic rings. The molecule has 0 radical (unpaired) electrons. The topological polar surface area (TPSA) is 84.9 Å². The van der Waals surface area contributed by atoms with Gasteiger partial charge >= 0.3 is 12.1 Å². The number of benzene rings is 2. The zero-order chi connectivity index (χ0) is 17.7. The maximum atomic E-state index is 11.7. The van der Waals surface area contributed by atoms with Crippen molar-refractivity contribution in [2.75, 3.05) is 6.61 Å². The van der Waals surface area contributed by atoms with Crippen LogP contribution in [-0.4, -0.2) is 35.4 Å². The number of nitrogens with one attached hydrogen (secondary N) is 1. The van der Waals surface area contributed by atoms with Crippen molar-refractivity contribution in [1.29, 1.82) is 0 Å². The van der Waals surface area contributed by atoms with Crippen LogP contribution in [0.2, 0.25) is 0 Å². The van der Waals surface area contributed by atoms with Crippen LogP contribution in [0.25, 0.3) is 10.8 Å². The predicted octanol–water partition coefficient (Wildman–Crippen LogP) is 3.20. The van der Waals surface area contributed by atoms with E-state index in [1.807, 2.05) is 36.4 Å². The summed E-state index contributed by atoms with van der Waals surface area (Å²) in [6, 6.07) is 12.0. The highest BCUT2D eigenvalue weighted by atomic mass is 16.6. The van der Waals surface area contributed by atoms with Crippen molar-refractivity contribution in [2.45, 2.75) is 32.4 Å². The number of carbonyl (C=O) groups excluding carboxylic acids is 1. The molecule has 0 heterocycles. The van der Waals surface area contributed by atoms with Crippen molar-refractivity contribution in [3.63, 3.8) is 0 Å². The molecule has 0 aliphatic carbocycles. The van der Waals surface area contributed by atoms with Crippen LogP contribution in [0.4, 0.5) is 4.79 Å². The van der Waals surface area contributed by atoms with Crippen molar-refractivity contribution < 1.29 is 24.2 Å². The molecule has 128 valence electrons. The molecule has 24 heavy (non-hydrogen) atoms. The van der Waals surface area contributed by atoms with Gasteiger partial charge in [0.15, 0.2) is 6.04 Å². The summed E-state index contributed by atoms with van der Waals surface area (Å²) in [6.07, 6.45) is -0.794. The lowest BCUT2D eigenvalue weighted by molar-refractivity contribution is -0.140. The lowest BCUT2D eigenvalue weighted by Gasteiger charge is -2.22. The van der Waals surface area contributed by atoms with E-state index < -0.39 is 23.7 Å². The van der Waals surface area contributed by atoms with Crippen molar-refractivity contribution in [3.05, 3.63) is 42.5 Å². The minimum Gasteiger partial charge on any atom is -0.491 e. The third-order valence-electron chi connectivity index (χ3n) is 3.13. The van der Waals surface area contributed by atoms with Crippen LogP contribution in [0.3, 0.4) is 0 Å². The van der Waals surface area contributed by atoms with Crippen molar-refractivity contribution in [2.24, 2.45) is 0 Å². The van der Waals surface area contributed by atoms with Gasteiger partial charge in [0.25, 0.3) is 0 Å². The molecule has 1 atom stereocenters. The molecule has 0 spiro atoms. The summed E-state index contributed by atoms with van der Waals surface area (Å²) >= 11 is 0. The minimum atomic E-state index is -1.20. The van der Waals surface area contributed by atoms with Gasteiger partial charge in [-0.2, -0.15) is 0 Å². The second kappa shape index (κ2) is 7.21. The number of amides is 1. The van der Waals surface area contributed by atoms with E-state index in [0.29, 0.717) is 5.75 Å². The molecule has 0 fully saturated rings. The minimum absolute atomic E-state index is 0.201. The summed E-state index contributed by atoms with van der Waals surface area (Å²) in [5.74, 6) is -0.660. The normalized spacial score (nSPS) is 12.5. The Hall–Kier alpha value is -2.76. The Labute approximate surface area is 140 Å². The molecular formula is C18H21NO5. The Morgan fingerprint density at radius 1 is 1.12 bits per heavy atom. The second-order valence-electron chi connectivity index (χ2n) is 6.36. The monoisotopic (exact) mass is 331 g/mol. The van der Waals surface area contributed by atoms with Gasteiger partial charge in [-0.1, -0.05) is 30.3 Å². The largest absolute Gasteiger partial charge is 0.491 e. The molecule has 2 N–H and O–H groups in total. The van der Waals surface area contributed by atoms with E-state index in [1.54, 1.807) is 26.8 Å². The first-order valence-corrected chi connectivity index (χ1v) is 7.58. The molecule has 1 unspecified atom stereocenters. The van der Waals surface area contributed by atoms with E-state index in [-0.39, 0.29) is 6.61 Å².